The van der Waals surface area contributed by atoms with Gasteiger partial charge in [-0.25, -0.2) is 0 Å². The maximum atomic E-state index is 12.6. The predicted octanol–water partition coefficient (Wildman–Crippen LogP) is 4.96. The van der Waals surface area contributed by atoms with Gasteiger partial charge in [-0.3, -0.25) is 4.79 Å². The molecule has 0 aliphatic rings. The van der Waals surface area contributed by atoms with Gasteiger partial charge in [-0.05, 0) is 17.5 Å². The van der Waals surface area contributed by atoms with E-state index in [1.807, 2.05) is 66.7 Å². The number of hydrogen-bond donors (Lipinski definition) is 0. The summed E-state index contributed by atoms with van der Waals surface area (Å²) in [5.74, 6) is 0.132. The molecule has 0 aliphatic carbocycles. The van der Waals surface area contributed by atoms with Gasteiger partial charge in [0.15, 0.2) is 0 Å². The van der Waals surface area contributed by atoms with E-state index in [1.54, 1.807) is 6.08 Å². The lowest BCUT2D eigenvalue weighted by Gasteiger charge is -2.16. The Kier molecular flexibility index (Phi) is 5.91. The Hall–Kier alpha value is -2.41. The fourth-order valence-electron chi connectivity index (χ4n) is 2.60. The van der Waals surface area contributed by atoms with E-state index in [4.69, 9.17) is 0 Å². The predicted molar refractivity (Wildman–Crippen MR) is 92.8 cm³/mol. The average Bonchev–Trinajstić information content (AvgIpc) is 2.59. The summed E-state index contributed by atoms with van der Waals surface area (Å²) in [5.41, 5.74) is 2.30. The van der Waals surface area contributed by atoms with Crippen LogP contribution in [0, 0.1) is 5.92 Å². The Morgan fingerprint density at radius 3 is 2.05 bits per heavy atom. The van der Waals surface area contributed by atoms with Gasteiger partial charge < -0.3 is 0 Å². The van der Waals surface area contributed by atoms with Gasteiger partial charge in [0.25, 0.3) is 0 Å². The summed E-state index contributed by atoms with van der Waals surface area (Å²) in [6.07, 6.45) is 4.80. The molecule has 2 aromatic carbocycles. The van der Waals surface area contributed by atoms with E-state index in [0.717, 1.165) is 11.1 Å². The summed E-state index contributed by atoms with van der Waals surface area (Å²) < 4.78 is 0. The van der Waals surface area contributed by atoms with Crippen LogP contribution in [0.2, 0.25) is 0 Å². The van der Waals surface area contributed by atoms with E-state index in [-0.39, 0.29) is 17.6 Å². The number of Topliss-reactive ketones (excluding diaryl/α,β-unsaturated/α-hetero) is 1. The number of rotatable bonds is 8. The first-order valence-electron chi connectivity index (χ1n) is 7.61. The monoisotopic (exact) mass is 290 g/mol. The molecule has 2 atom stereocenters. The number of allylic oxidation sites excluding steroid dienone is 2. The Morgan fingerprint density at radius 2 is 1.50 bits per heavy atom. The minimum Gasteiger partial charge on any atom is -0.299 e. The Morgan fingerprint density at radius 1 is 0.909 bits per heavy atom. The number of carbonyl (C=O) groups is 1. The Labute approximate surface area is 133 Å². The quantitative estimate of drug-likeness (QED) is 0.628. The van der Waals surface area contributed by atoms with Gasteiger partial charge in [0.1, 0.15) is 5.78 Å². The van der Waals surface area contributed by atoms with E-state index in [9.17, 15) is 4.79 Å². The third-order valence-corrected chi connectivity index (χ3v) is 3.93. The van der Waals surface area contributed by atoms with Crippen LogP contribution in [0.25, 0.3) is 0 Å². The number of hydrogen-bond acceptors (Lipinski definition) is 1. The molecule has 1 nitrogen and oxygen atoms in total. The van der Waals surface area contributed by atoms with Crippen molar-refractivity contribution >= 4 is 5.78 Å². The maximum absolute atomic E-state index is 12.6. The van der Waals surface area contributed by atoms with Crippen LogP contribution in [0.3, 0.4) is 0 Å². The zero-order valence-corrected chi connectivity index (χ0v) is 12.8. The fraction of sp³-hybridized carbons (Fsp3) is 0.190. The van der Waals surface area contributed by atoms with Gasteiger partial charge in [0.2, 0.25) is 0 Å². The van der Waals surface area contributed by atoms with Crippen molar-refractivity contribution in [3.8, 4) is 0 Å². The molecule has 1 heteroatoms. The molecule has 2 rings (SSSR count). The molecule has 0 aromatic heterocycles. The highest BCUT2D eigenvalue weighted by molar-refractivity contribution is 5.84. The Balaban J connectivity index is 2.05. The third kappa shape index (κ3) is 4.29. The van der Waals surface area contributed by atoms with Crippen LogP contribution in [-0.2, 0) is 11.2 Å². The molecular formula is C21H22O. The van der Waals surface area contributed by atoms with Gasteiger partial charge >= 0.3 is 0 Å². The molecule has 0 saturated heterocycles. The van der Waals surface area contributed by atoms with Crippen LogP contribution in [0.15, 0.2) is 86.0 Å². The van der Waals surface area contributed by atoms with E-state index in [1.165, 1.54) is 0 Å². The van der Waals surface area contributed by atoms with E-state index in [0.29, 0.717) is 12.8 Å². The molecule has 0 saturated carbocycles. The molecule has 22 heavy (non-hydrogen) atoms. The van der Waals surface area contributed by atoms with E-state index < -0.39 is 0 Å². The highest BCUT2D eigenvalue weighted by atomic mass is 16.1. The van der Waals surface area contributed by atoms with Crippen LogP contribution in [0.5, 0.6) is 0 Å². The molecule has 0 bridgehead atoms. The Bertz CT molecular complexity index is 613. The van der Waals surface area contributed by atoms with Crippen LogP contribution < -0.4 is 0 Å². The zero-order valence-electron chi connectivity index (χ0n) is 12.8. The van der Waals surface area contributed by atoms with Gasteiger partial charge in [-0.2, -0.15) is 0 Å². The largest absolute Gasteiger partial charge is 0.299 e. The van der Waals surface area contributed by atoms with Crippen LogP contribution in [0.1, 0.15) is 23.5 Å². The fourth-order valence-corrected chi connectivity index (χ4v) is 2.60. The van der Waals surface area contributed by atoms with E-state index >= 15 is 0 Å². The van der Waals surface area contributed by atoms with Crippen molar-refractivity contribution in [2.45, 2.75) is 18.8 Å². The summed E-state index contributed by atoms with van der Waals surface area (Å²) in [6.45, 7) is 7.72. The molecule has 0 heterocycles. The molecule has 0 fully saturated rings. The van der Waals surface area contributed by atoms with Crippen molar-refractivity contribution in [1.82, 2.24) is 0 Å². The molecule has 2 aromatic rings. The normalized spacial score (nSPS) is 13.1. The molecule has 2 unspecified atom stereocenters. The second kappa shape index (κ2) is 8.14. The van der Waals surface area contributed by atoms with Gasteiger partial charge in [-0.1, -0.05) is 72.8 Å². The standard InChI is InChI=1S/C21H22O/c1-3-18(20-13-9-6-10-14-20)16-21(22)19(4-2)15-17-11-7-5-8-12-17/h3-14,18-19H,1-2,15-16H2. The van der Waals surface area contributed by atoms with Gasteiger partial charge in [0, 0.05) is 18.3 Å². The highest BCUT2D eigenvalue weighted by Crippen LogP contribution is 2.24. The van der Waals surface area contributed by atoms with Crippen molar-refractivity contribution in [3.63, 3.8) is 0 Å². The molecule has 0 aliphatic heterocycles. The van der Waals surface area contributed by atoms with Crippen LogP contribution in [0.4, 0.5) is 0 Å². The van der Waals surface area contributed by atoms with Gasteiger partial charge in [0.05, 0.1) is 0 Å². The minimum absolute atomic E-state index is 0.0620. The van der Waals surface area contributed by atoms with Crippen molar-refractivity contribution in [2.75, 3.05) is 0 Å². The molecule has 0 N–H and O–H groups in total. The van der Waals surface area contributed by atoms with E-state index in [2.05, 4.69) is 13.2 Å². The topological polar surface area (TPSA) is 17.1 Å². The summed E-state index contributed by atoms with van der Waals surface area (Å²) >= 11 is 0. The van der Waals surface area contributed by atoms with Gasteiger partial charge in [-0.15, -0.1) is 13.2 Å². The first kappa shape index (κ1) is 16.0. The number of ketones is 1. The minimum atomic E-state index is -0.145. The second-order valence-electron chi connectivity index (χ2n) is 5.46. The molecule has 0 radical (unpaired) electrons. The second-order valence-corrected chi connectivity index (χ2v) is 5.46. The maximum Gasteiger partial charge on any atom is 0.140 e. The summed E-state index contributed by atoms with van der Waals surface area (Å²) in [5, 5.41) is 0. The van der Waals surface area contributed by atoms with Crippen LogP contribution >= 0.6 is 0 Å². The smallest absolute Gasteiger partial charge is 0.140 e. The molecule has 112 valence electrons. The van der Waals surface area contributed by atoms with Crippen LogP contribution in [-0.4, -0.2) is 5.78 Å². The average molecular weight is 290 g/mol. The van der Waals surface area contributed by atoms with Crippen molar-refractivity contribution < 1.29 is 4.79 Å². The number of benzene rings is 2. The summed E-state index contributed by atoms with van der Waals surface area (Å²) in [4.78, 5) is 12.6. The molecule has 0 amide bonds. The zero-order chi connectivity index (χ0) is 15.8. The van der Waals surface area contributed by atoms with Crippen molar-refractivity contribution in [1.29, 1.82) is 0 Å². The molecule has 0 spiro atoms. The van der Waals surface area contributed by atoms with Crippen molar-refractivity contribution in [2.24, 2.45) is 5.92 Å². The SMILES string of the molecule is C=CC(Cc1ccccc1)C(=O)CC(C=C)c1ccccc1. The lowest BCUT2D eigenvalue weighted by Crippen LogP contribution is -2.17. The lowest BCUT2D eigenvalue weighted by atomic mass is 9.87. The summed E-state index contributed by atoms with van der Waals surface area (Å²) in [7, 11) is 0. The summed E-state index contributed by atoms with van der Waals surface area (Å²) in [6, 6.07) is 20.1. The number of carbonyl (C=O) groups excluding carboxylic acids is 1. The first-order valence-corrected chi connectivity index (χ1v) is 7.61. The third-order valence-electron chi connectivity index (χ3n) is 3.93. The lowest BCUT2D eigenvalue weighted by molar-refractivity contribution is -0.121. The van der Waals surface area contributed by atoms with Crippen molar-refractivity contribution in [3.05, 3.63) is 97.1 Å². The molecular weight excluding hydrogens is 268 g/mol. The first-order chi connectivity index (χ1) is 10.7. The highest BCUT2D eigenvalue weighted by Gasteiger charge is 2.19.